The second-order valence-electron chi connectivity index (χ2n) is 5.51. The van der Waals surface area contributed by atoms with Crippen molar-refractivity contribution in [3.05, 3.63) is 70.3 Å². The van der Waals surface area contributed by atoms with Crippen molar-refractivity contribution in [1.29, 1.82) is 0 Å². The molecule has 0 aliphatic carbocycles. The molecule has 0 unspecified atom stereocenters. The molecule has 120 valence electrons. The van der Waals surface area contributed by atoms with E-state index in [0.29, 0.717) is 29.7 Å². The van der Waals surface area contributed by atoms with E-state index in [1.54, 1.807) is 30.3 Å². The third-order valence-corrected chi connectivity index (χ3v) is 3.81. The van der Waals surface area contributed by atoms with Crippen LogP contribution in [0.4, 0.5) is 0 Å². The molecule has 0 heterocycles. The monoisotopic (exact) mass is 311 g/mol. The summed E-state index contributed by atoms with van der Waals surface area (Å²) < 4.78 is 0. The molecule has 0 aliphatic heterocycles. The standard InChI is InChI=1S/C19H21NO3/c1-13-8-9-15(12-14(13)2)18(22)16-6-3-4-7-17(16)19(23)20-10-5-11-21/h3-4,6-9,12,21H,5,10-11H2,1-2H3,(H,20,23). The number of benzene rings is 2. The Morgan fingerprint density at radius 2 is 1.70 bits per heavy atom. The van der Waals surface area contributed by atoms with Crippen LogP contribution in [0.3, 0.4) is 0 Å². The minimum atomic E-state index is -0.300. The Morgan fingerprint density at radius 1 is 1.00 bits per heavy atom. The Hall–Kier alpha value is -2.46. The third-order valence-electron chi connectivity index (χ3n) is 3.81. The number of amides is 1. The molecule has 0 radical (unpaired) electrons. The van der Waals surface area contributed by atoms with Crippen molar-refractivity contribution in [2.24, 2.45) is 0 Å². The Balaban J connectivity index is 2.30. The number of aliphatic hydroxyl groups is 1. The first-order chi connectivity index (χ1) is 11.0. The molecule has 0 aliphatic rings. The Bertz CT molecular complexity index is 722. The molecule has 0 spiro atoms. The van der Waals surface area contributed by atoms with Gasteiger partial charge in [0, 0.05) is 24.3 Å². The highest BCUT2D eigenvalue weighted by atomic mass is 16.3. The fourth-order valence-corrected chi connectivity index (χ4v) is 2.29. The molecule has 1 amide bonds. The van der Waals surface area contributed by atoms with Gasteiger partial charge >= 0.3 is 0 Å². The summed E-state index contributed by atoms with van der Waals surface area (Å²) in [4.78, 5) is 25.0. The number of carbonyl (C=O) groups excluding carboxylic acids is 2. The van der Waals surface area contributed by atoms with Crippen LogP contribution in [-0.4, -0.2) is 29.9 Å². The van der Waals surface area contributed by atoms with E-state index in [2.05, 4.69) is 5.32 Å². The van der Waals surface area contributed by atoms with Crippen molar-refractivity contribution in [2.75, 3.05) is 13.2 Å². The Kier molecular flexibility index (Phi) is 5.66. The second kappa shape index (κ2) is 7.70. The van der Waals surface area contributed by atoms with Gasteiger partial charge in [0.05, 0.1) is 5.56 Å². The summed E-state index contributed by atoms with van der Waals surface area (Å²) >= 11 is 0. The van der Waals surface area contributed by atoms with E-state index in [1.165, 1.54) is 0 Å². The van der Waals surface area contributed by atoms with E-state index < -0.39 is 0 Å². The van der Waals surface area contributed by atoms with E-state index in [0.717, 1.165) is 11.1 Å². The smallest absolute Gasteiger partial charge is 0.252 e. The Morgan fingerprint density at radius 3 is 2.35 bits per heavy atom. The minimum absolute atomic E-state index is 0.0174. The van der Waals surface area contributed by atoms with E-state index >= 15 is 0 Å². The molecule has 2 N–H and O–H groups in total. The van der Waals surface area contributed by atoms with Gasteiger partial charge in [-0.3, -0.25) is 9.59 Å². The molecule has 0 saturated carbocycles. The van der Waals surface area contributed by atoms with E-state index in [4.69, 9.17) is 5.11 Å². The average Bonchev–Trinajstić information content (AvgIpc) is 2.57. The summed E-state index contributed by atoms with van der Waals surface area (Å²) in [6, 6.07) is 12.3. The molecule has 23 heavy (non-hydrogen) atoms. The normalized spacial score (nSPS) is 10.4. The zero-order chi connectivity index (χ0) is 16.8. The van der Waals surface area contributed by atoms with Crippen LogP contribution < -0.4 is 5.32 Å². The largest absolute Gasteiger partial charge is 0.396 e. The predicted octanol–water partition coefficient (Wildman–Crippen LogP) is 2.65. The number of rotatable bonds is 6. The lowest BCUT2D eigenvalue weighted by atomic mass is 9.95. The van der Waals surface area contributed by atoms with Crippen LogP contribution in [0.25, 0.3) is 0 Å². The second-order valence-corrected chi connectivity index (χ2v) is 5.51. The van der Waals surface area contributed by atoms with Gasteiger partial charge < -0.3 is 10.4 Å². The van der Waals surface area contributed by atoms with Gasteiger partial charge in [-0.05, 0) is 43.5 Å². The zero-order valence-corrected chi connectivity index (χ0v) is 13.4. The van der Waals surface area contributed by atoms with Crippen molar-refractivity contribution >= 4 is 11.7 Å². The molecule has 2 aromatic rings. The highest BCUT2D eigenvalue weighted by Gasteiger charge is 2.18. The molecule has 0 bridgehead atoms. The van der Waals surface area contributed by atoms with Crippen LogP contribution in [-0.2, 0) is 0 Å². The first-order valence-corrected chi connectivity index (χ1v) is 7.64. The maximum atomic E-state index is 12.7. The van der Waals surface area contributed by atoms with Gasteiger partial charge in [-0.15, -0.1) is 0 Å². The van der Waals surface area contributed by atoms with Crippen LogP contribution in [0, 0.1) is 13.8 Å². The summed E-state index contributed by atoms with van der Waals surface area (Å²) in [6.07, 6.45) is 0.485. The van der Waals surface area contributed by atoms with Gasteiger partial charge in [0.15, 0.2) is 5.78 Å². The number of hydrogen-bond donors (Lipinski definition) is 2. The number of nitrogens with one attached hydrogen (secondary N) is 1. The average molecular weight is 311 g/mol. The highest BCUT2D eigenvalue weighted by Crippen LogP contribution is 2.17. The van der Waals surface area contributed by atoms with Gasteiger partial charge in [-0.1, -0.05) is 30.3 Å². The lowest BCUT2D eigenvalue weighted by molar-refractivity contribution is 0.0940. The maximum Gasteiger partial charge on any atom is 0.252 e. The SMILES string of the molecule is Cc1ccc(C(=O)c2ccccc2C(=O)NCCCO)cc1C. The van der Waals surface area contributed by atoms with E-state index in [1.807, 2.05) is 26.0 Å². The quantitative estimate of drug-likeness (QED) is 0.636. The molecular weight excluding hydrogens is 290 g/mol. The summed E-state index contributed by atoms with van der Waals surface area (Å²) in [5, 5.41) is 11.5. The number of carbonyl (C=O) groups is 2. The lowest BCUT2D eigenvalue weighted by Crippen LogP contribution is -2.27. The fourth-order valence-electron chi connectivity index (χ4n) is 2.29. The van der Waals surface area contributed by atoms with Crippen LogP contribution in [0.1, 0.15) is 43.8 Å². The van der Waals surface area contributed by atoms with Crippen LogP contribution in [0.5, 0.6) is 0 Å². The maximum absolute atomic E-state index is 12.7. The van der Waals surface area contributed by atoms with Crippen LogP contribution >= 0.6 is 0 Å². The summed E-state index contributed by atoms with van der Waals surface area (Å²) in [6.45, 7) is 4.34. The third kappa shape index (κ3) is 4.05. The number of ketones is 1. The molecule has 4 nitrogen and oxygen atoms in total. The molecule has 0 saturated heterocycles. The highest BCUT2D eigenvalue weighted by molar-refractivity contribution is 6.15. The van der Waals surface area contributed by atoms with Crippen molar-refractivity contribution in [1.82, 2.24) is 5.32 Å². The Labute approximate surface area is 136 Å². The minimum Gasteiger partial charge on any atom is -0.396 e. The first kappa shape index (κ1) is 16.9. The van der Waals surface area contributed by atoms with Crippen LogP contribution in [0.2, 0.25) is 0 Å². The van der Waals surface area contributed by atoms with Gasteiger partial charge in [0.1, 0.15) is 0 Å². The predicted molar refractivity (Wildman–Crippen MR) is 89.8 cm³/mol. The molecule has 0 aromatic heterocycles. The summed E-state index contributed by atoms with van der Waals surface area (Å²) in [7, 11) is 0. The molecule has 4 heteroatoms. The lowest BCUT2D eigenvalue weighted by Gasteiger charge is -2.10. The van der Waals surface area contributed by atoms with Crippen molar-refractivity contribution in [3.63, 3.8) is 0 Å². The van der Waals surface area contributed by atoms with Crippen LogP contribution in [0.15, 0.2) is 42.5 Å². The molecule has 0 fully saturated rings. The molecule has 2 aromatic carbocycles. The van der Waals surface area contributed by atoms with Crippen molar-refractivity contribution in [2.45, 2.75) is 20.3 Å². The van der Waals surface area contributed by atoms with E-state index in [9.17, 15) is 9.59 Å². The van der Waals surface area contributed by atoms with E-state index in [-0.39, 0.29) is 18.3 Å². The van der Waals surface area contributed by atoms with Gasteiger partial charge in [-0.2, -0.15) is 0 Å². The molecular formula is C19H21NO3. The molecule has 0 atom stereocenters. The fraction of sp³-hybridized carbons (Fsp3) is 0.263. The molecule has 2 rings (SSSR count). The topological polar surface area (TPSA) is 66.4 Å². The van der Waals surface area contributed by atoms with Gasteiger partial charge in [0.2, 0.25) is 0 Å². The van der Waals surface area contributed by atoms with Gasteiger partial charge in [-0.25, -0.2) is 0 Å². The summed E-state index contributed by atoms with van der Waals surface area (Å²) in [5.41, 5.74) is 3.48. The van der Waals surface area contributed by atoms with Crippen molar-refractivity contribution < 1.29 is 14.7 Å². The zero-order valence-electron chi connectivity index (χ0n) is 13.4. The number of aryl methyl sites for hydroxylation is 2. The van der Waals surface area contributed by atoms with Crippen molar-refractivity contribution in [3.8, 4) is 0 Å². The number of aliphatic hydroxyl groups excluding tert-OH is 1. The van der Waals surface area contributed by atoms with Gasteiger partial charge in [0.25, 0.3) is 5.91 Å². The summed E-state index contributed by atoms with van der Waals surface area (Å²) in [5.74, 6) is -0.466. The number of hydrogen-bond acceptors (Lipinski definition) is 3. The first-order valence-electron chi connectivity index (χ1n) is 7.64.